The van der Waals surface area contributed by atoms with Gasteiger partial charge in [0.1, 0.15) is 6.07 Å². The van der Waals surface area contributed by atoms with Crippen LogP contribution in [-0.2, 0) is 0 Å². The van der Waals surface area contributed by atoms with Crippen LogP contribution in [0.2, 0.25) is 0 Å². The Kier molecular flexibility index (Phi) is 4.59. The van der Waals surface area contributed by atoms with E-state index in [0.717, 1.165) is 5.57 Å². The Morgan fingerprint density at radius 1 is 1.20 bits per heavy atom. The maximum absolute atomic E-state index is 9.58. The largest absolute Gasteiger partial charge is 0.399 e. The third kappa shape index (κ3) is 2.40. The molecule has 0 unspecified atom stereocenters. The molecule has 1 atom stereocenters. The Morgan fingerprint density at radius 3 is 2.10 bits per heavy atom. The normalized spacial score (nSPS) is 21.1. The fourth-order valence-electron chi connectivity index (χ4n) is 2.74. The molecule has 0 radical (unpaired) electrons. The van der Waals surface area contributed by atoms with Crippen LogP contribution in [0.1, 0.15) is 34.1 Å². The zero-order chi connectivity index (χ0) is 15.5. The van der Waals surface area contributed by atoms with E-state index in [4.69, 9.17) is 5.73 Å². The highest BCUT2D eigenvalue weighted by atomic mass is 14.7. The highest BCUT2D eigenvalue weighted by molar-refractivity contribution is 5.53. The lowest BCUT2D eigenvalue weighted by molar-refractivity contribution is 0.319. The number of hydrogen-bond donors (Lipinski definition) is 1. The Balaban J connectivity index is 3.58. The first-order chi connectivity index (χ1) is 9.33. The lowest BCUT2D eigenvalue weighted by atomic mass is 9.62. The van der Waals surface area contributed by atoms with Gasteiger partial charge in [-0.2, -0.15) is 15.8 Å². The average Bonchev–Trinajstić information content (AvgIpc) is 2.39. The smallest absolute Gasteiger partial charge is 0.190 e. The minimum Gasteiger partial charge on any atom is -0.399 e. The first-order valence-corrected chi connectivity index (χ1v) is 6.78. The molecule has 4 nitrogen and oxygen atoms in total. The molecule has 0 aromatic carbocycles. The molecule has 0 aromatic rings. The Labute approximate surface area is 120 Å². The van der Waals surface area contributed by atoms with Gasteiger partial charge < -0.3 is 5.73 Å². The second-order valence-electron chi connectivity index (χ2n) is 5.95. The highest BCUT2D eigenvalue weighted by Crippen LogP contribution is 2.47. The van der Waals surface area contributed by atoms with Gasteiger partial charge in [-0.25, -0.2) is 0 Å². The van der Waals surface area contributed by atoms with E-state index < -0.39 is 5.41 Å². The molecular weight excluding hydrogens is 248 g/mol. The summed E-state index contributed by atoms with van der Waals surface area (Å²) in [4.78, 5) is 0. The van der Waals surface area contributed by atoms with E-state index >= 15 is 0 Å². The second-order valence-corrected chi connectivity index (χ2v) is 5.95. The summed E-state index contributed by atoms with van der Waals surface area (Å²) in [6.07, 6.45) is 2.46. The molecule has 104 valence electrons. The minimum absolute atomic E-state index is 0.0973. The van der Waals surface area contributed by atoms with Crippen molar-refractivity contribution in [1.29, 1.82) is 15.8 Å². The molecule has 0 fully saturated rings. The monoisotopic (exact) mass is 268 g/mol. The quantitative estimate of drug-likeness (QED) is 0.850. The fourth-order valence-corrected chi connectivity index (χ4v) is 2.74. The van der Waals surface area contributed by atoms with Crippen LogP contribution < -0.4 is 5.73 Å². The molecular formula is C16H20N4. The maximum Gasteiger partial charge on any atom is 0.190 e. The number of allylic oxidation sites excluding steroid dienone is 4. The van der Waals surface area contributed by atoms with Crippen LogP contribution in [0.15, 0.2) is 22.9 Å². The number of hydrogen-bond acceptors (Lipinski definition) is 4. The molecule has 1 aliphatic rings. The van der Waals surface area contributed by atoms with E-state index in [-0.39, 0.29) is 23.1 Å². The summed E-state index contributed by atoms with van der Waals surface area (Å²) in [5.74, 6) is 0.241. The van der Waals surface area contributed by atoms with Gasteiger partial charge in [-0.3, -0.25) is 0 Å². The maximum atomic E-state index is 9.58. The Bertz CT molecular complexity index is 559. The van der Waals surface area contributed by atoms with Crippen molar-refractivity contribution < 1.29 is 0 Å². The van der Waals surface area contributed by atoms with Crippen LogP contribution in [0.3, 0.4) is 0 Å². The number of nitrogens with zero attached hydrogens (tertiary/aromatic N) is 3. The molecule has 1 rings (SSSR count). The van der Waals surface area contributed by atoms with E-state index in [1.54, 1.807) is 6.08 Å². The average molecular weight is 268 g/mol. The third-order valence-electron chi connectivity index (χ3n) is 3.80. The van der Waals surface area contributed by atoms with Gasteiger partial charge in [0.05, 0.1) is 23.4 Å². The predicted octanol–water partition coefficient (Wildman–Crippen LogP) is 3.01. The van der Waals surface area contributed by atoms with Gasteiger partial charge in [-0.05, 0) is 24.3 Å². The summed E-state index contributed by atoms with van der Waals surface area (Å²) in [6.45, 7) is 8.12. The zero-order valence-corrected chi connectivity index (χ0v) is 12.4. The first kappa shape index (κ1) is 15.8. The summed E-state index contributed by atoms with van der Waals surface area (Å²) < 4.78 is 0. The van der Waals surface area contributed by atoms with E-state index in [2.05, 4.69) is 26.0 Å². The standard InChI is InChI=1S/C16H20N4/c1-10(2)5-14-13(11(3)4)6-12(7-17)15(20)16(14,8-18)9-19/h6,10-11,14H,5,20H2,1-4H3/t14-/m0/s1. The van der Waals surface area contributed by atoms with Crippen molar-refractivity contribution in [2.45, 2.75) is 34.1 Å². The lowest BCUT2D eigenvalue weighted by Gasteiger charge is -2.37. The van der Waals surface area contributed by atoms with E-state index in [0.29, 0.717) is 12.3 Å². The van der Waals surface area contributed by atoms with Gasteiger partial charge in [0.2, 0.25) is 0 Å². The molecule has 0 amide bonds. The summed E-state index contributed by atoms with van der Waals surface area (Å²) in [7, 11) is 0. The minimum atomic E-state index is -1.43. The van der Waals surface area contributed by atoms with Crippen molar-refractivity contribution in [2.24, 2.45) is 28.9 Å². The van der Waals surface area contributed by atoms with Gasteiger partial charge in [0.25, 0.3) is 0 Å². The number of rotatable bonds is 3. The highest BCUT2D eigenvalue weighted by Gasteiger charge is 2.48. The Morgan fingerprint density at radius 2 is 1.75 bits per heavy atom. The molecule has 0 spiro atoms. The van der Waals surface area contributed by atoms with Crippen LogP contribution in [0, 0.1) is 57.2 Å². The van der Waals surface area contributed by atoms with Crippen molar-refractivity contribution in [3.8, 4) is 18.2 Å². The topological polar surface area (TPSA) is 97.4 Å². The molecule has 0 aliphatic heterocycles. The Hall–Kier alpha value is -2.25. The molecule has 20 heavy (non-hydrogen) atoms. The van der Waals surface area contributed by atoms with Gasteiger partial charge in [-0.15, -0.1) is 0 Å². The zero-order valence-electron chi connectivity index (χ0n) is 12.4. The van der Waals surface area contributed by atoms with Crippen molar-refractivity contribution in [3.05, 3.63) is 22.9 Å². The number of nitrogens with two attached hydrogens (primary N) is 1. The van der Waals surface area contributed by atoms with Crippen LogP contribution in [-0.4, -0.2) is 0 Å². The van der Waals surface area contributed by atoms with Crippen molar-refractivity contribution >= 4 is 0 Å². The fraction of sp³-hybridized carbons (Fsp3) is 0.562. The van der Waals surface area contributed by atoms with Gasteiger partial charge >= 0.3 is 0 Å². The van der Waals surface area contributed by atoms with E-state index in [1.807, 2.05) is 19.9 Å². The molecule has 0 bridgehead atoms. The third-order valence-corrected chi connectivity index (χ3v) is 3.80. The van der Waals surface area contributed by atoms with Gasteiger partial charge in [0, 0.05) is 5.92 Å². The molecule has 0 heterocycles. The lowest BCUT2D eigenvalue weighted by Crippen LogP contribution is -2.39. The van der Waals surface area contributed by atoms with Crippen LogP contribution in [0.5, 0.6) is 0 Å². The van der Waals surface area contributed by atoms with Crippen molar-refractivity contribution in [3.63, 3.8) is 0 Å². The second kappa shape index (κ2) is 5.81. The summed E-state index contributed by atoms with van der Waals surface area (Å²) in [5, 5.41) is 28.4. The van der Waals surface area contributed by atoms with Crippen molar-refractivity contribution in [1.82, 2.24) is 0 Å². The van der Waals surface area contributed by atoms with Crippen LogP contribution >= 0.6 is 0 Å². The molecule has 1 aliphatic carbocycles. The summed E-state index contributed by atoms with van der Waals surface area (Å²) in [5.41, 5.74) is 5.87. The number of nitriles is 3. The molecule has 0 aromatic heterocycles. The van der Waals surface area contributed by atoms with E-state index in [1.165, 1.54) is 0 Å². The van der Waals surface area contributed by atoms with E-state index in [9.17, 15) is 15.8 Å². The SMILES string of the molecule is CC(C)C[C@H]1C(C(C)C)=CC(C#N)=C(N)C1(C#N)C#N. The molecule has 0 saturated heterocycles. The molecule has 4 heteroatoms. The summed E-state index contributed by atoms with van der Waals surface area (Å²) in [6, 6.07) is 6.18. The van der Waals surface area contributed by atoms with Crippen LogP contribution in [0.25, 0.3) is 0 Å². The van der Waals surface area contributed by atoms with Gasteiger partial charge in [-0.1, -0.05) is 33.3 Å². The molecule has 0 saturated carbocycles. The molecule has 2 N–H and O–H groups in total. The predicted molar refractivity (Wildman–Crippen MR) is 76.4 cm³/mol. The summed E-state index contributed by atoms with van der Waals surface area (Å²) >= 11 is 0. The first-order valence-electron chi connectivity index (χ1n) is 6.78. The van der Waals surface area contributed by atoms with Crippen molar-refractivity contribution in [2.75, 3.05) is 0 Å². The van der Waals surface area contributed by atoms with Crippen LogP contribution in [0.4, 0.5) is 0 Å². The van der Waals surface area contributed by atoms with Gasteiger partial charge in [0.15, 0.2) is 5.41 Å².